The molecular formula is C18H22O. The topological polar surface area (TPSA) is 9.23 Å². The highest BCUT2D eigenvalue weighted by molar-refractivity contribution is 5.69. The van der Waals surface area contributed by atoms with Gasteiger partial charge in [0.15, 0.2) is 0 Å². The zero-order chi connectivity index (χ0) is 14.0. The molecule has 1 heteroatoms. The zero-order valence-corrected chi connectivity index (χ0v) is 12.4. The molecule has 0 amide bonds. The molecule has 2 aromatic rings. The lowest BCUT2D eigenvalue weighted by Crippen LogP contribution is -1.93. The van der Waals surface area contributed by atoms with Crippen LogP contribution in [-0.4, -0.2) is 7.11 Å². The second-order valence-electron chi connectivity index (χ2n) is 5.41. The number of rotatable bonds is 3. The first-order chi connectivity index (χ1) is 9.02. The van der Waals surface area contributed by atoms with Gasteiger partial charge in [-0.1, -0.05) is 38.1 Å². The molecule has 0 aromatic heterocycles. The maximum Gasteiger partial charge on any atom is 0.119 e. The maximum absolute atomic E-state index is 5.26. The van der Waals surface area contributed by atoms with Gasteiger partial charge in [0.25, 0.3) is 0 Å². The van der Waals surface area contributed by atoms with Crippen molar-refractivity contribution in [2.24, 2.45) is 0 Å². The van der Waals surface area contributed by atoms with E-state index in [-0.39, 0.29) is 0 Å². The first-order valence-corrected chi connectivity index (χ1v) is 6.78. The van der Waals surface area contributed by atoms with Crippen LogP contribution in [0, 0.1) is 13.8 Å². The van der Waals surface area contributed by atoms with E-state index in [0.717, 1.165) is 5.75 Å². The van der Waals surface area contributed by atoms with Crippen LogP contribution in [0.4, 0.5) is 0 Å². The molecule has 2 aromatic carbocycles. The van der Waals surface area contributed by atoms with Crippen LogP contribution in [-0.2, 0) is 0 Å². The fourth-order valence-corrected chi connectivity index (χ4v) is 2.58. The molecule has 0 N–H and O–H groups in total. The Hall–Kier alpha value is -1.76. The normalized spacial score (nSPS) is 10.8. The van der Waals surface area contributed by atoms with E-state index in [1.54, 1.807) is 7.11 Å². The van der Waals surface area contributed by atoms with Crippen LogP contribution in [0.15, 0.2) is 36.4 Å². The quantitative estimate of drug-likeness (QED) is 0.740. The largest absolute Gasteiger partial charge is 0.497 e. The van der Waals surface area contributed by atoms with Crippen molar-refractivity contribution in [2.75, 3.05) is 7.11 Å². The molecule has 2 rings (SSSR count). The summed E-state index contributed by atoms with van der Waals surface area (Å²) in [5, 5.41) is 0. The molecule has 0 saturated heterocycles. The van der Waals surface area contributed by atoms with Gasteiger partial charge in [-0.2, -0.15) is 0 Å². The predicted molar refractivity (Wildman–Crippen MR) is 82.0 cm³/mol. The summed E-state index contributed by atoms with van der Waals surface area (Å²) in [4.78, 5) is 0. The van der Waals surface area contributed by atoms with Crippen LogP contribution in [0.2, 0.25) is 0 Å². The molecule has 0 aliphatic heterocycles. The van der Waals surface area contributed by atoms with E-state index in [2.05, 4.69) is 58.0 Å². The van der Waals surface area contributed by atoms with Gasteiger partial charge in [-0.15, -0.1) is 0 Å². The van der Waals surface area contributed by atoms with Crippen molar-refractivity contribution >= 4 is 0 Å². The summed E-state index contributed by atoms with van der Waals surface area (Å²) in [5.74, 6) is 1.49. The standard InChI is InChI=1S/C18H22O/c1-12(2)17-8-6-15(10-13(17)3)18-9-7-16(19-5)11-14(18)4/h6-12H,1-5H3. The summed E-state index contributed by atoms with van der Waals surface area (Å²) in [7, 11) is 1.70. The predicted octanol–water partition coefficient (Wildman–Crippen LogP) is 5.10. The Bertz CT molecular complexity index is 582. The van der Waals surface area contributed by atoms with Crippen LogP contribution < -0.4 is 4.74 Å². The lowest BCUT2D eigenvalue weighted by molar-refractivity contribution is 0.414. The summed E-state index contributed by atoms with van der Waals surface area (Å²) in [6, 6.07) is 13.0. The molecule has 0 saturated carbocycles. The minimum Gasteiger partial charge on any atom is -0.497 e. The molecule has 19 heavy (non-hydrogen) atoms. The molecular weight excluding hydrogens is 232 g/mol. The van der Waals surface area contributed by atoms with Gasteiger partial charge in [-0.25, -0.2) is 0 Å². The SMILES string of the molecule is COc1ccc(-c2ccc(C(C)C)c(C)c2)c(C)c1. The minimum atomic E-state index is 0.575. The molecule has 100 valence electrons. The molecule has 0 spiro atoms. The molecule has 0 radical (unpaired) electrons. The lowest BCUT2D eigenvalue weighted by Gasteiger charge is -2.13. The number of hydrogen-bond acceptors (Lipinski definition) is 1. The van der Waals surface area contributed by atoms with Crippen molar-refractivity contribution in [3.63, 3.8) is 0 Å². The van der Waals surface area contributed by atoms with Crippen molar-refractivity contribution in [2.45, 2.75) is 33.6 Å². The number of aryl methyl sites for hydroxylation is 2. The third-order valence-electron chi connectivity index (χ3n) is 3.64. The smallest absolute Gasteiger partial charge is 0.119 e. The van der Waals surface area contributed by atoms with E-state index in [1.807, 2.05) is 6.07 Å². The van der Waals surface area contributed by atoms with Gasteiger partial charge in [0.1, 0.15) is 5.75 Å². The van der Waals surface area contributed by atoms with Gasteiger partial charge < -0.3 is 4.74 Å². The van der Waals surface area contributed by atoms with Crippen LogP contribution in [0.5, 0.6) is 5.75 Å². The summed E-state index contributed by atoms with van der Waals surface area (Å²) in [5.41, 5.74) is 6.59. The molecule has 0 aliphatic carbocycles. The number of benzene rings is 2. The number of methoxy groups -OCH3 is 1. The van der Waals surface area contributed by atoms with E-state index < -0.39 is 0 Å². The zero-order valence-electron chi connectivity index (χ0n) is 12.4. The van der Waals surface area contributed by atoms with Crippen LogP contribution >= 0.6 is 0 Å². The summed E-state index contributed by atoms with van der Waals surface area (Å²) in [6.45, 7) is 8.79. The van der Waals surface area contributed by atoms with E-state index in [9.17, 15) is 0 Å². The molecule has 0 aliphatic rings. The van der Waals surface area contributed by atoms with E-state index in [1.165, 1.54) is 27.8 Å². The van der Waals surface area contributed by atoms with Crippen molar-refractivity contribution in [1.82, 2.24) is 0 Å². The Morgan fingerprint density at radius 1 is 0.895 bits per heavy atom. The maximum atomic E-state index is 5.26. The van der Waals surface area contributed by atoms with Crippen LogP contribution in [0.25, 0.3) is 11.1 Å². The average Bonchev–Trinajstić information content (AvgIpc) is 2.37. The molecule has 0 bridgehead atoms. The van der Waals surface area contributed by atoms with Gasteiger partial charge in [-0.05, 0) is 59.7 Å². The van der Waals surface area contributed by atoms with Gasteiger partial charge >= 0.3 is 0 Å². The third-order valence-corrected chi connectivity index (χ3v) is 3.64. The second kappa shape index (κ2) is 5.48. The van der Waals surface area contributed by atoms with Crippen LogP contribution in [0.1, 0.15) is 36.5 Å². The highest BCUT2D eigenvalue weighted by Gasteiger charge is 2.07. The van der Waals surface area contributed by atoms with Crippen LogP contribution in [0.3, 0.4) is 0 Å². The van der Waals surface area contributed by atoms with Crippen molar-refractivity contribution in [3.05, 3.63) is 53.1 Å². The van der Waals surface area contributed by atoms with Gasteiger partial charge in [0.05, 0.1) is 7.11 Å². The monoisotopic (exact) mass is 254 g/mol. The third kappa shape index (κ3) is 2.81. The Morgan fingerprint density at radius 2 is 1.63 bits per heavy atom. The highest BCUT2D eigenvalue weighted by Crippen LogP contribution is 2.30. The van der Waals surface area contributed by atoms with Gasteiger partial charge in [0.2, 0.25) is 0 Å². The van der Waals surface area contributed by atoms with E-state index >= 15 is 0 Å². The fraction of sp³-hybridized carbons (Fsp3) is 0.333. The summed E-state index contributed by atoms with van der Waals surface area (Å²) in [6.07, 6.45) is 0. The number of ether oxygens (including phenoxy) is 1. The summed E-state index contributed by atoms with van der Waals surface area (Å²) < 4.78 is 5.26. The number of hydrogen-bond donors (Lipinski definition) is 0. The first kappa shape index (κ1) is 13.7. The van der Waals surface area contributed by atoms with Crippen molar-refractivity contribution in [1.29, 1.82) is 0 Å². The fourth-order valence-electron chi connectivity index (χ4n) is 2.58. The molecule has 1 nitrogen and oxygen atoms in total. The van der Waals surface area contributed by atoms with Gasteiger partial charge in [-0.3, -0.25) is 0 Å². The Balaban J connectivity index is 2.45. The average molecular weight is 254 g/mol. The second-order valence-corrected chi connectivity index (χ2v) is 5.41. The summed E-state index contributed by atoms with van der Waals surface area (Å²) >= 11 is 0. The van der Waals surface area contributed by atoms with Gasteiger partial charge in [0, 0.05) is 0 Å². The van der Waals surface area contributed by atoms with Crippen molar-refractivity contribution < 1.29 is 4.74 Å². The molecule has 0 fully saturated rings. The Labute approximate surface area is 116 Å². The first-order valence-electron chi connectivity index (χ1n) is 6.78. The lowest BCUT2D eigenvalue weighted by atomic mass is 9.92. The molecule has 0 heterocycles. The molecule has 0 atom stereocenters. The Morgan fingerprint density at radius 3 is 2.16 bits per heavy atom. The van der Waals surface area contributed by atoms with E-state index in [4.69, 9.17) is 4.74 Å². The highest BCUT2D eigenvalue weighted by atomic mass is 16.5. The Kier molecular flexibility index (Phi) is 3.94. The van der Waals surface area contributed by atoms with Crippen molar-refractivity contribution in [3.8, 4) is 16.9 Å². The minimum absolute atomic E-state index is 0.575. The molecule has 0 unspecified atom stereocenters. The van der Waals surface area contributed by atoms with E-state index in [0.29, 0.717) is 5.92 Å².